The van der Waals surface area contributed by atoms with Gasteiger partial charge >= 0.3 is 0 Å². The molecule has 42 heavy (non-hydrogen) atoms. The molecule has 0 aliphatic carbocycles. The molecule has 0 bridgehead atoms. The molecule has 1 N–H and O–H groups in total. The number of hydrogen-bond acceptors (Lipinski definition) is 5. The molecule has 6 rings (SSSR count). The van der Waals surface area contributed by atoms with E-state index < -0.39 is 10.1 Å². The van der Waals surface area contributed by atoms with E-state index in [4.69, 9.17) is 4.74 Å². The van der Waals surface area contributed by atoms with E-state index in [0.717, 1.165) is 44.4 Å². The molecule has 1 aliphatic rings. The summed E-state index contributed by atoms with van der Waals surface area (Å²) >= 11 is 0. The largest absolute Gasteiger partial charge is 0.744 e. The normalized spacial score (nSPS) is 12.9. The zero-order valence-corrected chi connectivity index (χ0v) is 24.6. The van der Waals surface area contributed by atoms with Gasteiger partial charge in [-0.2, -0.15) is 0 Å². The minimum absolute atomic E-state index is 0.269. The van der Waals surface area contributed by atoms with Gasteiger partial charge < -0.3 is 14.6 Å². The SMILES string of the molecule is Cc1cccc(C)c1[C-]=c1ccc2c(c1)Oc1cc(Nc3c(C)cccc3C)ccc1C=2c1ccccc1S(=O)(=O)[O-]. The van der Waals surface area contributed by atoms with Crippen LogP contribution in [-0.2, 0) is 10.1 Å². The Bertz CT molecular complexity index is 2070. The number of anilines is 2. The maximum Gasteiger partial charge on any atom is 0.136 e. The highest BCUT2D eigenvalue weighted by atomic mass is 32.2. The summed E-state index contributed by atoms with van der Waals surface area (Å²) in [6.45, 7) is 8.21. The quantitative estimate of drug-likeness (QED) is 0.186. The first-order chi connectivity index (χ1) is 20.1. The van der Waals surface area contributed by atoms with Crippen molar-refractivity contribution in [2.24, 2.45) is 0 Å². The van der Waals surface area contributed by atoms with Gasteiger partial charge in [0.15, 0.2) is 0 Å². The van der Waals surface area contributed by atoms with Crippen molar-refractivity contribution in [1.29, 1.82) is 0 Å². The number of aryl methyl sites for hydroxylation is 4. The lowest BCUT2D eigenvalue weighted by molar-refractivity contribution is 0.462. The van der Waals surface area contributed by atoms with Crippen LogP contribution in [-0.4, -0.2) is 13.0 Å². The number of ether oxygens (including phenoxy) is 1. The molecule has 0 amide bonds. The van der Waals surface area contributed by atoms with Crippen molar-refractivity contribution in [3.05, 3.63) is 146 Å². The monoisotopic (exact) mass is 571 g/mol. The standard InChI is InChI=1S/C36H30NO4S/c1-22-9-7-10-23(2)31(22)19-26-15-17-28-32(20-26)41-33-21-27(37-36-24(3)11-8-12-25(36)4)16-18-29(33)35(28)30-13-5-6-14-34(30)42(38,39)40/h5-18,20-21,37H,1-4H3,(H,38,39,40)/q-1/p-1. The second-order valence-electron chi connectivity index (χ2n) is 10.6. The molecule has 0 radical (unpaired) electrons. The second kappa shape index (κ2) is 10.6. The molecule has 0 fully saturated rings. The number of para-hydroxylation sites is 1. The fraction of sp³-hybridized carbons (Fsp3) is 0.111. The van der Waals surface area contributed by atoms with E-state index in [0.29, 0.717) is 33.4 Å². The van der Waals surface area contributed by atoms with Crippen LogP contribution in [0.2, 0.25) is 0 Å². The summed E-state index contributed by atoms with van der Waals surface area (Å²) in [6, 6.07) is 30.1. The molecule has 0 unspecified atom stereocenters. The van der Waals surface area contributed by atoms with Crippen LogP contribution in [0, 0.1) is 27.7 Å². The molecule has 5 nitrogen and oxygen atoms in total. The Morgan fingerprint density at radius 2 is 1.36 bits per heavy atom. The molecule has 1 aliphatic heterocycles. The first-order valence-electron chi connectivity index (χ1n) is 13.7. The number of rotatable bonds is 5. The number of benzene rings is 5. The van der Waals surface area contributed by atoms with Gasteiger partial charge in [-0.15, -0.1) is 34.1 Å². The lowest BCUT2D eigenvalue weighted by Crippen LogP contribution is -2.21. The summed E-state index contributed by atoms with van der Waals surface area (Å²) in [4.78, 5) is -0.269. The van der Waals surface area contributed by atoms with Crippen LogP contribution in [0.3, 0.4) is 0 Å². The molecular formula is C36H29NO4S-2. The van der Waals surface area contributed by atoms with Gasteiger partial charge in [-0.05, 0) is 43.2 Å². The average Bonchev–Trinajstić information content (AvgIpc) is 2.95. The number of nitrogens with one attached hydrogen (secondary N) is 1. The van der Waals surface area contributed by atoms with Gasteiger partial charge in [0.05, 0.1) is 4.90 Å². The van der Waals surface area contributed by atoms with Crippen LogP contribution in [0.1, 0.15) is 38.9 Å². The third-order valence-electron chi connectivity index (χ3n) is 7.65. The molecule has 0 saturated carbocycles. The van der Waals surface area contributed by atoms with Crippen molar-refractivity contribution in [2.45, 2.75) is 32.6 Å². The van der Waals surface area contributed by atoms with Crippen LogP contribution < -0.4 is 20.5 Å². The third-order valence-corrected chi connectivity index (χ3v) is 8.54. The lowest BCUT2D eigenvalue weighted by atomic mass is 9.92. The van der Waals surface area contributed by atoms with Crippen LogP contribution in [0.15, 0.2) is 102 Å². The molecular weight excluding hydrogens is 542 g/mol. The highest BCUT2D eigenvalue weighted by Crippen LogP contribution is 2.40. The van der Waals surface area contributed by atoms with Crippen molar-refractivity contribution in [2.75, 3.05) is 5.32 Å². The summed E-state index contributed by atoms with van der Waals surface area (Å²) < 4.78 is 43.5. The van der Waals surface area contributed by atoms with E-state index in [-0.39, 0.29) is 4.90 Å². The van der Waals surface area contributed by atoms with Crippen molar-refractivity contribution >= 4 is 33.1 Å². The Morgan fingerprint density at radius 1 is 0.690 bits per heavy atom. The molecule has 6 heteroatoms. The van der Waals surface area contributed by atoms with Crippen molar-refractivity contribution < 1.29 is 17.7 Å². The van der Waals surface area contributed by atoms with Crippen molar-refractivity contribution in [1.82, 2.24) is 0 Å². The lowest BCUT2D eigenvalue weighted by Gasteiger charge is -2.25. The van der Waals surface area contributed by atoms with E-state index in [2.05, 4.69) is 63.4 Å². The molecule has 0 atom stereocenters. The molecule has 1 heterocycles. The Kier molecular flexibility index (Phi) is 6.97. The van der Waals surface area contributed by atoms with E-state index in [1.54, 1.807) is 18.2 Å². The molecule has 0 aromatic heterocycles. The molecule has 5 aromatic rings. The number of hydrogen-bond donors (Lipinski definition) is 1. The van der Waals surface area contributed by atoms with Crippen LogP contribution in [0.5, 0.6) is 11.5 Å². The van der Waals surface area contributed by atoms with Crippen molar-refractivity contribution in [3.63, 3.8) is 0 Å². The zero-order chi connectivity index (χ0) is 29.6. The van der Waals surface area contributed by atoms with E-state index in [1.807, 2.05) is 48.5 Å². The summed E-state index contributed by atoms with van der Waals surface area (Å²) in [5.74, 6) is 1.10. The Balaban J connectivity index is 1.58. The van der Waals surface area contributed by atoms with Gasteiger partial charge in [0, 0.05) is 39.4 Å². The molecule has 0 spiro atoms. The molecule has 5 aromatic carbocycles. The van der Waals surface area contributed by atoms with Gasteiger partial charge in [-0.1, -0.05) is 80.6 Å². The van der Waals surface area contributed by atoms with Gasteiger partial charge in [0.1, 0.15) is 21.6 Å². The van der Waals surface area contributed by atoms with Gasteiger partial charge in [-0.3, -0.25) is 0 Å². The highest BCUT2D eigenvalue weighted by Gasteiger charge is 2.23. The van der Waals surface area contributed by atoms with Crippen LogP contribution in [0.25, 0.3) is 11.6 Å². The molecule has 0 saturated heterocycles. The highest BCUT2D eigenvalue weighted by molar-refractivity contribution is 7.85. The average molecular weight is 572 g/mol. The second-order valence-corrected chi connectivity index (χ2v) is 12.0. The topological polar surface area (TPSA) is 78.5 Å². The van der Waals surface area contributed by atoms with Gasteiger partial charge in [0.25, 0.3) is 0 Å². The van der Waals surface area contributed by atoms with Crippen LogP contribution >= 0.6 is 0 Å². The van der Waals surface area contributed by atoms with Gasteiger partial charge in [0.2, 0.25) is 0 Å². The predicted molar refractivity (Wildman–Crippen MR) is 166 cm³/mol. The summed E-state index contributed by atoms with van der Waals surface area (Å²) in [7, 11) is -4.74. The van der Waals surface area contributed by atoms with E-state index in [9.17, 15) is 13.0 Å². The fourth-order valence-electron chi connectivity index (χ4n) is 5.54. The van der Waals surface area contributed by atoms with Crippen molar-refractivity contribution in [3.8, 4) is 11.5 Å². The maximum atomic E-state index is 12.3. The van der Waals surface area contributed by atoms with Crippen LogP contribution in [0.4, 0.5) is 11.4 Å². The fourth-order valence-corrected chi connectivity index (χ4v) is 6.22. The Morgan fingerprint density at radius 3 is 2.05 bits per heavy atom. The Hall–Kier alpha value is -4.65. The first-order valence-corrected chi connectivity index (χ1v) is 15.1. The van der Waals surface area contributed by atoms with Gasteiger partial charge in [-0.25, -0.2) is 8.42 Å². The Labute approximate surface area is 246 Å². The minimum Gasteiger partial charge on any atom is -0.744 e. The summed E-state index contributed by atoms with van der Waals surface area (Å²) in [5.41, 5.74) is 8.96. The summed E-state index contributed by atoms with van der Waals surface area (Å²) in [6.07, 6.45) is 3.51. The van der Waals surface area contributed by atoms with E-state index >= 15 is 0 Å². The number of fused-ring (bicyclic) bond motifs is 2. The summed E-state index contributed by atoms with van der Waals surface area (Å²) in [5, 5.41) is 5.03. The first kappa shape index (κ1) is 27.5. The zero-order valence-electron chi connectivity index (χ0n) is 23.8. The molecule has 210 valence electrons. The third kappa shape index (κ3) is 5.11. The smallest absolute Gasteiger partial charge is 0.136 e. The maximum absolute atomic E-state index is 12.3. The predicted octanol–water partition coefficient (Wildman–Crippen LogP) is 6.63. The van der Waals surface area contributed by atoms with E-state index in [1.165, 1.54) is 6.07 Å². The minimum atomic E-state index is -4.74.